The molecular formula is C35H30N2O2. The summed E-state index contributed by atoms with van der Waals surface area (Å²) in [6, 6.07) is 38.9. The Kier molecular flexibility index (Phi) is 5.74. The van der Waals surface area contributed by atoms with E-state index in [-0.39, 0.29) is 0 Å². The van der Waals surface area contributed by atoms with Crippen molar-refractivity contribution in [1.29, 1.82) is 0 Å². The molecule has 4 heteroatoms. The number of anilines is 2. The van der Waals surface area contributed by atoms with Crippen LogP contribution in [0.5, 0.6) is 23.0 Å². The molecule has 192 valence electrons. The summed E-state index contributed by atoms with van der Waals surface area (Å²) in [7, 11) is 0. The van der Waals surface area contributed by atoms with Crippen LogP contribution in [0.3, 0.4) is 0 Å². The average molecular weight is 511 g/mol. The second-order valence-electron chi connectivity index (χ2n) is 10.5. The van der Waals surface area contributed by atoms with Gasteiger partial charge < -0.3 is 20.9 Å². The van der Waals surface area contributed by atoms with Gasteiger partial charge in [0, 0.05) is 22.9 Å². The van der Waals surface area contributed by atoms with Gasteiger partial charge in [-0.2, -0.15) is 0 Å². The van der Waals surface area contributed by atoms with Gasteiger partial charge in [-0.05, 0) is 108 Å². The summed E-state index contributed by atoms with van der Waals surface area (Å²) >= 11 is 0. The van der Waals surface area contributed by atoms with E-state index in [1.54, 1.807) is 0 Å². The molecule has 0 spiro atoms. The van der Waals surface area contributed by atoms with Crippen molar-refractivity contribution < 1.29 is 9.47 Å². The van der Waals surface area contributed by atoms with Crippen molar-refractivity contribution in [3.8, 4) is 34.1 Å². The lowest BCUT2D eigenvalue weighted by Crippen LogP contribution is -2.04. The van der Waals surface area contributed by atoms with Gasteiger partial charge in [0.25, 0.3) is 0 Å². The number of nitrogen functional groups attached to an aromatic ring is 2. The molecule has 0 amide bonds. The molecule has 3 unspecified atom stereocenters. The molecule has 39 heavy (non-hydrogen) atoms. The highest BCUT2D eigenvalue weighted by molar-refractivity contribution is 5.73. The first-order chi connectivity index (χ1) is 19.1. The molecule has 4 nitrogen and oxygen atoms in total. The number of para-hydroxylation sites is 2. The number of rotatable bonds is 6. The van der Waals surface area contributed by atoms with Crippen molar-refractivity contribution in [3.05, 3.63) is 132 Å². The fourth-order valence-electron chi connectivity index (χ4n) is 6.50. The third-order valence-electron chi connectivity index (χ3n) is 8.23. The monoisotopic (exact) mass is 510 g/mol. The van der Waals surface area contributed by atoms with Crippen LogP contribution in [0.15, 0.2) is 115 Å². The lowest BCUT2D eigenvalue weighted by Gasteiger charge is -2.20. The SMILES string of the molecule is Nc1ccc(Oc2ccccc2-c2ccc3c(c2)C2CCC3C2c2ccccc2Oc2ccc(N)cc2)cc1. The summed E-state index contributed by atoms with van der Waals surface area (Å²) in [5.41, 5.74) is 19.7. The predicted octanol–water partition coefficient (Wildman–Crippen LogP) is 8.86. The molecule has 2 aliphatic carbocycles. The van der Waals surface area contributed by atoms with Crippen LogP contribution in [-0.2, 0) is 0 Å². The Labute approximate surface area is 228 Å². The number of nitrogens with two attached hydrogens (primary N) is 2. The first kappa shape index (κ1) is 23.4. The van der Waals surface area contributed by atoms with Crippen LogP contribution < -0.4 is 20.9 Å². The van der Waals surface area contributed by atoms with E-state index in [9.17, 15) is 0 Å². The zero-order valence-electron chi connectivity index (χ0n) is 21.6. The van der Waals surface area contributed by atoms with Crippen molar-refractivity contribution >= 4 is 11.4 Å². The Morgan fingerprint density at radius 2 is 1.08 bits per heavy atom. The Bertz CT molecular complexity index is 1640. The summed E-state index contributed by atoms with van der Waals surface area (Å²) < 4.78 is 12.7. The Hall–Kier alpha value is -4.70. The van der Waals surface area contributed by atoms with Crippen LogP contribution in [0, 0.1) is 0 Å². The molecule has 7 rings (SSSR count). The van der Waals surface area contributed by atoms with E-state index in [2.05, 4.69) is 54.6 Å². The maximum absolute atomic E-state index is 6.39. The third kappa shape index (κ3) is 4.28. The van der Waals surface area contributed by atoms with Crippen LogP contribution in [0.25, 0.3) is 11.1 Å². The third-order valence-corrected chi connectivity index (χ3v) is 8.23. The largest absolute Gasteiger partial charge is 0.457 e. The second-order valence-corrected chi connectivity index (χ2v) is 10.5. The molecule has 4 N–H and O–H groups in total. The summed E-state index contributed by atoms with van der Waals surface area (Å²) in [6.45, 7) is 0. The van der Waals surface area contributed by atoms with Gasteiger partial charge in [0.1, 0.15) is 23.0 Å². The Balaban J connectivity index is 1.21. The summed E-state index contributed by atoms with van der Waals surface area (Å²) in [6.07, 6.45) is 2.39. The Morgan fingerprint density at radius 1 is 0.513 bits per heavy atom. The van der Waals surface area contributed by atoms with Crippen molar-refractivity contribution in [3.63, 3.8) is 0 Å². The summed E-state index contributed by atoms with van der Waals surface area (Å²) in [5.74, 6) is 4.71. The molecular weight excluding hydrogens is 480 g/mol. The van der Waals surface area contributed by atoms with Gasteiger partial charge >= 0.3 is 0 Å². The van der Waals surface area contributed by atoms with E-state index in [1.807, 2.05) is 60.7 Å². The maximum atomic E-state index is 6.39. The highest BCUT2D eigenvalue weighted by Gasteiger charge is 2.47. The second kappa shape index (κ2) is 9.55. The van der Waals surface area contributed by atoms with Crippen LogP contribution in [0.4, 0.5) is 11.4 Å². The lowest BCUT2D eigenvalue weighted by molar-refractivity contribution is 0.464. The van der Waals surface area contributed by atoms with Gasteiger partial charge in [-0.3, -0.25) is 0 Å². The van der Waals surface area contributed by atoms with Crippen LogP contribution in [0.1, 0.15) is 47.3 Å². The number of hydrogen-bond acceptors (Lipinski definition) is 4. The minimum absolute atomic E-state index is 0.404. The minimum Gasteiger partial charge on any atom is -0.457 e. The van der Waals surface area contributed by atoms with Crippen molar-refractivity contribution in [2.75, 3.05) is 11.5 Å². The minimum atomic E-state index is 0.404. The molecule has 5 aromatic carbocycles. The molecule has 2 bridgehead atoms. The molecule has 0 saturated heterocycles. The smallest absolute Gasteiger partial charge is 0.135 e. The fourth-order valence-corrected chi connectivity index (χ4v) is 6.50. The number of hydrogen-bond donors (Lipinski definition) is 2. The van der Waals surface area contributed by atoms with E-state index >= 15 is 0 Å². The average Bonchev–Trinajstić information content (AvgIpc) is 3.53. The van der Waals surface area contributed by atoms with E-state index in [1.165, 1.54) is 35.1 Å². The van der Waals surface area contributed by atoms with Gasteiger partial charge in [0.05, 0.1) is 0 Å². The highest BCUT2D eigenvalue weighted by Crippen LogP contribution is 2.63. The summed E-state index contributed by atoms with van der Waals surface area (Å²) in [4.78, 5) is 0. The molecule has 0 aliphatic heterocycles. The lowest BCUT2D eigenvalue weighted by atomic mass is 9.87. The van der Waals surface area contributed by atoms with Gasteiger partial charge in [-0.25, -0.2) is 0 Å². The van der Waals surface area contributed by atoms with Gasteiger partial charge in [-0.15, -0.1) is 0 Å². The molecule has 5 aromatic rings. The quantitative estimate of drug-likeness (QED) is 0.224. The van der Waals surface area contributed by atoms with Crippen LogP contribution in [0.2, 0.25) is 0 Å². The van der Waals surface area contributed by atoms with Crippen molar-refractivity contribution in [2.45, 2.75) is 30.6 Å². The fraction of sp³-hybridized carbons (Fsp3) is 0.143. The van der Waals surface area contributed by atoms with Crippen LogP contribution >= 0.6 is 0 Å². The number of ether oxygens (including phenoxy) is 2. The molecule has 0 aromatic heterocycles. The molecule has 0 heterocycles. The molecule has 3 atom stereocenters. The van der Waals surface area contributed by atoms with E-state index in [4.69, 9.17) is 20.9 Å². The number of benzene rings is 5. The first-order valence-electron chi connectivity index (χ1n) is 13.5. The maximum Gasteiger partial charge on any atom is 0.135 e. The standard InChI is InChI=1S/C35H30N2O2/c36-23-10-14-25(15-11-23)38-33-7-3-1-5-27(33)22-9-18-28-29-19-20-30(32(28)21-22)35(29)31-6-2-4-8-34(31)39-26-16-12-24(37)13-17-26/h1-18,21,29-30,35H,19-20,36-37H2. The first-order valence-corrected chi connectivity index (χ1v) is 13.5. The topological polar surface area (TPSA) is 70.5 Å². The van der Waals surface area contributed by atoms with E-state index in [0.29, 0.717) is 17.8 Å². The summed E-state index contributed by atoms with van der Waals surface area (Å²) in [5, 5.41) is 0. The highest BCUT2D eigenvalue weighted by atomic mass is 16.5. The van der Waals surface area contributed by atoms with Crippen LogP contribution in [-0.4, -0.2) is 0 Å². The zero-order chi connectivity index (χ0) is 26.3. The molecule has 2 aliphatic rings. The van der Waals surface area contributed by atoms with Crippen molar-refractivity contribution in [2.24, 2.45) is 0 Å². The van der Waals surface area contributed by atoms with Gasteiger partial charge in [0.2, 0.25) is 0 Å². The zero-order valence-corrected chi connectivity index (χ0v) is 21.6. The molecule has 1 saturated carbocycles. The molecule has 1 fully saturated rings. The number of fused-ring (bicyclic) bond motifs is 5. The van der Waals surface area contributed by atoms with Gasteiger partial charge in [0.15, 0.2) is 0 Å². The normalized spacial score (nSPS) is 19.0. The predicted molar refractivity (Wildman–Crippen MR) is 158 cm³/mol. The van der Waals surface area contributed by atoms with E-state index in [0.717, 1.165) is 39.9 Å². The van der Waals surface area contributed by atoms with Gasteiger partial charge in [-0.1, -0.05) is 54.6 Å². The van der Waals surface area contributed by atoms with Crippen molar-refractivity contribution in [1.82, 2.24) is 0 Å². The molecule has 0 radical (unpaired) electrons. The van der Waals surface area contributed by atoms with E-state index < -0.39 is 0 Å². The Morgan fingerprint density at radius 3 is 1.77 bits per heavy atom.